The maximum Gasteiger partial charge on any atom is 0.242 e. The van der Waals surface area contributed by atoms with Crippen LogP contribution in [0.1, 0.15) is 18.4 Å². The molecule has 0 radical (unpaired) electrons. The summed E-state index contributed by atoms with van der Waals surface area (Å²) in [5.41, 5.74) is 2.17. The van der Waals surface area contributed by atoms with Crippen LogP contribution in [0.25, 0.3) is 10.9 Å². The lowest BCUT2D eigenvalue weighted by molar-refractivity contribution is -0.134. The Kier molecular flexibility index (Phi) is 4.97. The van der Waals surface area contributed by atoms with Gasteiger partial charge in [-0.1, -0.05) is 18.2 Å². The number of pyridine rings is 1. The summed E-state index contributed by atoms with van der Waals surface area (Å²) >= 11 is 0. The van der Waals surface area contributed by atoms with Crippen LogP contribution in [0, 0.1) is 0 Å². The Morgan fingerprint density at radius 3 is 2.85 bits per heavy atom. The number of rotatable bonds is 6. The highest BCUT2D eigenvalue weighted by Gasteiger charge is 2.23. The van der Waals surface area contributed by atoms with E-state index in [2.05, 4.69) is 23.2 Å². The first-order valence-electron chi connectivity index (χ1n) is 9.12. The molecule has 4 rings (SSSR count). The zero-order valence-corrected chi connectivity index (χ0v) is 14.8. The minimum Gasteiger partial charge on any atom is -0.376 e. The lowest BCUT2D eigenvalue weighted by Gasteiger charge is -2.26. The zero-order chi connectivity index (χ0) is 17.8. The van der Waals surface area contributed by atoms with Gasteiger partial charge in [0.25, 0.3) is 0 Å². The van der Waals surface area contributed by atoms with Crippen LogP contribution in [0.15, 0.2) is 61.1 Å². The maximum absolute atomic E-state index is 13.1. The van der Waals surface area contributed by atoms with E-state index >= 15 is 0 Å². The van der Waals surface area contributed by atoms with Gasteiger partial charge >= 0.3 is 0 Å². The number of carbonyl (C=O) groups excluding carboxylic acids is 1. The van der Waals surface area contributed by atoms with Crippen LogP contribution in [0.3, 0.4) is 0 Å². The van der Waals surface area contributed by atoms with Crippen LogP contribution in [0.4, 0.5) is 0 Å². The first-order valence-corrected chi connectivity index (χ1v) is 9.12. The second-order valence-electron chi connectivity index (χ2n) is 6.77. The van der Waals surface area contributed by atoms with Gasteiger partial charge in [0.15, 0.2) is 0 Å². The van der Waals surface area contributed by atoms with Crippen molar-refractivity contribution in [3.05, 3.63) is 66.6 Å². The summed E-state index contributed by atoms with van der Waals surface area (Å²) in [6.07, 6.45) is 7.76. The van der Waals surface area contributed by atoms with Crippen molar-refractivity contribution >= 4 is 16.8 Å². The summed E-state index contributed by atoms with van der Waals surface area (Å²) < 4.78 is 7.78. The normalized spacial score (nSPS) is 16.8. The van der Waals surface area contributed by atoms with Gasteiger partial charge in [-0.25, -0.2) is 0 Å². The Morgan fingerprint density at radius 2 is 2.04 bits per heavy atom. The van der Waals surface area contributed by atoms with E-state index in [1.165, 1.54) is 0 Å². The third kappa shape index (κ3) is 3.78. The van der Waals surface area contributed by atoms with Crippen molar-refractivity contribution in [2.75, 3.05) is 13.2 Å². The van der Waals surface area contributed by atoms with Crippen LogP contribution < -0.4 is 0 Å². The van der Waals surface area contributed by atoms with Crippen molar-refractivity contribution in [2.45, 2.75) is 32.0 Å². The molecule has 0 aliphatic carbocycles. The van der Waals surface area contributed by atoms with E-state index in [0.717, 1.165) is 35.9 Å². The summed E-state index contributed by atoms with van der Waals surface area (Å²) in [5.74, 6) is 0.110. The van der Waals surface area contributed by atoms with Crippen LogP contribution >= 0.6 is 0 Å². The molecule has 5 heteroatoms. The molecular formula is C21H23N3O2. The van der Waals surface area contributed by atoms with E-state index in [4.69, 9.17) is 4.74 Å². The third-order valence-electron chi connectivity index (χ3n) is 4.91. The Bertz CT molecular complexity index is 869. The largest absolute Gasteiger partial charge is 0.376 e. The minimum atomic E-state index is 0.110. The van der Waals surface area contributed by atoms with Gasteiger partial charge in [-0.05, 0) is 48.1 Å². The molecule has 5 nitrogen and oxygen atoms in total. The van der Waals surface area contributed by atoms with Crippen molar-refractivity contribution in [1.82, 2.24) is 14.5 Å². The summed E-state index contributed by atoms with van der Waals surface area (Å²) in [7, 11) is 0. The molecule has 1 saturated heterocycles. The van der Waals surface area contributed by atoms with Gasteiger partial charge in [0.05, 0.1) is 6.10 Å². The summed E-state index contributed by atoms with van der Waals surface area (Å²) in [4.78, 5) is 19.1. The molecule has 0 spiro atoms. The van der Waals surface area contributed by atoms with Gasteiger partial charge in [0, 0.05) is 43.8 Å². The Hall–Kier alpha value is -2.66. The highest BCUT2D eigenvalue weighted by Crippen LogP contribution is 2.18. The molecule has 2 aromatic heterocycles. The third-order valence-corrected chi connectivity index (χ3v) is 4.91. The van der Waals surface area contributed by atoms with Crippen molar-refractivity contribution in [2.24, 2.45) is 0 Å². The van der Waals surface area contributed by atoms with Crippen molar-refractivity contribution in [3.63, 3.8) is 0 Å². The lowest BCUT2D eigenvalue weighted by Crippen LogP contribution is -2.38. The Morgan fingerprint density at radius 1 is 1.19 bits per heavy atom. The van der Waals surface area contributed by atoms with E-state index < -0.39 is 0 Å². The fourth-order valence-corrected chi connectivity index (χ4v) is 3.52. The molecule has 1 amide bonds. The van der Waals surface area contributed by atoms with Gasteiger partial charge in [0.2, 0.25) is 5.91 Å². The average molecular weight is 349 g/mol. The zero-order valence-electron chi connectivity index (χ0n) is 14.8. The standard InChI is InChI=1S/C21H23N3O2/c25-21(16-23-12-9-18-4-1-2-6-20(18)23)24(15-19-5-3-13-26-19)14-17-7-10-22-11-8-17/h1-2,4,6-12,19H,3,5,13-16H2/t19-/m1/s1. The van der Waals surface area contributed by atoms with Crippen molar-refractivity contribution in [3.8, 4) is 0 Å². The highest BCUT2D eigenvalue weighted by molar-refractivity contribution is 5.83. The SMILES string of the molecule is O=C(Cn1ccc2ccccc21)N(Cc1ccncc1)C[C@H]1CCCO1. The first-order chi connectivity index (χ1) is 12.8. The van der Waals surface area contributed by atoms with Crippen LogP contribution in [0.5, 0.6) is 0 Å². The van der Waals surface area contributed by atoms with Gasteiger partial charge in [0.1, 0.15) is 6.54 Å². The second kappa shape index (κ2) is 7.70. The maximum atomic E-state index is 13.1. The molecule has 3 aromatic rings. The molecule has 26 heavy (non-hydrogen) atoms. The molecule has 1 atom stereocenters. The van der Waals surface area contributed by atoms with Gasteiger partial charge < -0.3 is 14.2 Å². The number of amides is 1. The smallest absolute Gasteiger partial charge is 0.242 e. The molecule has 0 unspecified atom stereocenters. The quantitative estimate of drug-likeness (QED) is 0.686. The van der Waals surface area contributed by atoms with Gasteiger partial charge in [-0.3, -0.25) is 9.78 Å². The van der Waals surface area contributed by atoms with E-state index in [0.29, 0.717) is 19.6 Å². The number of benzene rings is 1. The Balaban J connectivity index is 1.52. The molecule has 1 aromatic carbocycles. The van der Waals surface area contributed by atoms with Crippen LogP contribution in [-0.2, 0) is 22.6 Å². The fourth-order valence-electron chi connectivity index (χ4n) is 3.52. The van der Waals surface area contributed by atoms with Gasteiger partial charge in [-0.15, -0.1) is 0 Å². The number of ether oxygens (including phenoxy) is 1. The molecule has 1 aliphatic rings. The number of aromatic nitrogens is 2. The van der Waals surface area contributed by atoms with Crippen molar-refractivity contribution in [1.29, 1.82) is 0 Å². The molecule has 1 fully saturated rings. The molecule has 0 bridgehead atoms. The van der Waals surface area contributed by atoms with E-state index in [-0.39, 0.29) is 12.0 Å². The number of carbonyl (C=O) groups is 1. The van der Waals surface area contributed by atoms with Crippen molar-refractivity contribution < 1.29 is 9.53 Å². The predicted molar refractivity (Wildman–Crippen MR) is 101 cm³/mol. The van der Waals surface area contributed by atoms with E-state index in [1.54, 1.807) is 12.4 Å². The predicted octanol–water partition coefficient (Wildman–Crippen LogP) is 3.24. The minimum absolute atomic E-state index is 0.110. The van der Waals surface area contributed by atoms with E-state index in [9.17, 15) is 4.79 Å². The Labute approximate surface area is 153 Å². The number of fused-ring (bicyclic) bond motifs is 1. The molecule has 134 valence electrons. The van der Waals surface area contributed by atoms with Crippen LogP contribution in [0.2, 0.25) is 0 Å². The average Bonchev–Trinajstić information content (AvgIpc) is 3.32. The second-order valence-corrected chi connectivity index (χ2v) is 6.77. The molecule has 0 saturated carbocycles. The molecular weight excluding hydrogens is 326 g/mol. The number of para-hydroxylation sites is 1. The number of hydrogen-bond donors (Lipinski definition) is 0. The molecule has 3 heterocycles. The van der Waals surface area contributed by atoms with E-state index in [1.807, 2.05) is 39.9 Å². The summed E-state index contributed by atoms with van der Waals surface area (Å²) in [6.45, 7) is 2.36. The lowest BCUT2D eigenvalue weighted by atomic mass is 10.2. The highest BCUT2D eigenvalue weighted by atomic mass is 16.5. The molecule has 0 N–H and O–H groups in total. The summed E-state index contributed by atoms with van der Waals surface area (Å²) in [6, 6.07) is 14.1. The topological polar surface area (TPSA) is 47.4 Å². The fraction of sp³-hybridized carbons (Fsp3) is 0.333. The number of hydrogen-bond acceptors (Lipinski definition) is 3. The first kappa shape index (κ1) is 16.8. The molecule has 1 aliphatic heterocycles. The van der Waals surface area contributed by atoms with Gasteiger partial charge in [-0.2, -0.15) is 0 Å². The monoisotopic (exact) mass is 349 g/mol. The summed E-state index contributed by atoms with van der Waals surface area (Å²) in [5, 5.41) is 1.15. The van der Waals surface area contributed by atoms with Crippen LogP contribution in [-0.4, -0.2) is 39.6 Å². The number of nitrogens with zero attached hydrogens (tertiary/aromatic N) is 3.